The van der Waals surface area contributed by atoms with Gasteiger partial charge < -0.3 is 15.7 Å². The minimum atomic E-state index is -0.895. The second-order valence-corrected chi connectivity index (χ2v) is 6.28. The molecule has 1 atom stereocenters. The number of nitrogens with zero attached hydrogens (tertiary/aromatic N) is 2. The van der Waals surface area contributed by atoms with E-state index in [0.717, 1.165) is 30.2 Å². The third-order valence-electron chi connectivity index (χ3n) is 3.71. The Kier molecular flexibility index (Phi) is 6.17. The van der Waals surface area contributed by atoms with Crippen LogP contribution in [0, 0.1) is 0 Å². The van der Waals surface area contributed by atoms with Crippen LogP contribution in [-0.4, -0.2) is 39.9 Å². The Morgan fingerprint density at radius 3 is 2.81 bits per heavy atom. The number of anilines is 2. The number of aliphatic hydroxyl groups excluding tert-OH is 1. The lowest BCUT2D eigenvalue weighted by atomic mass is 9.93. The number of hydrogen-bond acceptors (Lipinski definition) is 5. The normalized spacial score (nSPS) is 23.6. The van der Waals surface area contributed by atoms with Crippen LogP contribution in [0.2, 0.25) is 0 Å². The van der Waals surface area contributed by atoms with Crippen molar-refractivity contribution in [2.45, 2.75) is 57.3 Å². The molecule has 0 unspecified atom stereocenters. The van der Waals surface area contributed by atoms with Crippen LogP contribution in [0.3, 0.4) is 0 Å². The summed E-state index contributed by atoms with van der Waals surface area (Å²) in [5.74, 6) is 1.13. The zero-order valence-corrected chi connectivity index (χ0v) is 13.7. The number of aromatic nitrogens is 2. The van der Waals surface area contributed by atoms with Gasteiger partial charge >= 0.3 is 0 Å². The average Bonchev–Trinajstić information content (AvgIpc) is 2.50. The Morgan fingerprint density at radius 2 is 2.14 bits per heavy atom. The van der Waals surface area contributed by atoms with Gasteiger partial charge in [-0.1, -0.05) is 6.92 Å². The highest BCUT2D eigenvalue weighted by Gasteiger charge is 2.20. The molecule has 7 heteroatoms. The standard InChI is InChI=1S/C14H22BrFN4O/c1-2-9(16)7-17-14-18-8-12(15)13(20-14)19-10-3-5-11(21)6-4-10/h8-11,21H,2-7H2,1H3,(H2,17,18,19,20)/t9-,10?,11?/m0/s1. The molecule has 5 nitrogen and oxygen atoms in total. The first kappa shape index (κ1) is 16.4. The van der Waals surface area contributed by atoms with Crippen LogP contribution in [0.25, 0.3) is 0 Å². The molecule has 0 aliphatic heterocycles. The molecule has 0 radical (unpaired) electrons. The first-order valence-corrected chi connectivity index (χ1v) is 8.22. The van der Waals surface area contributed by atoms with Gasteiger partial charge in [-0.15, -0.1) is 0 Å². The van der Waals surface area contributed by atoms with Crippen molar-refractivity contribution in [3.63, 3.8) is 0 Å². The first-order chi connectivity index (χ1) is 10.1. The topological polar surface area (TPSA) is 70.1 Å². The summed E-state index contributed by atoms with van der Waals surface area (Å²) in [6.07, 6.45) is 4.52. The van der Waals surface area contributed by atoms with Gasteiger partial charge in [0.15, 0.2) is 0 Å². The number of halogens is 2. The second-order valence-electron chi connectivity index (χ2n) is 5.43. The lowest BCUT2D eigenvalue weighted by Gasteiger charge is -2.27. The molecule has 0 bridgehead atoms. The lowest BCUT2D eigenvalue weighted by molar-refractivity contribution is 0.126. The molecule has 21 heavy (non-hydrogen) atoms. The van der Waals surface area contributed by atoms with Gasteiger partial charge in [-0.2, -0.15) is 4.98 Å². The number of rotatable bonds is 6. The van der Waals surface area contributed by atoms with Crippen LogP contribution in [0.5, 0.6) is 0 Å². The maximum absolute atomic E-state index is 13.2. The Bertz CT molecular complexity index is 455. The van der Waals surface area contributed by atoms with Gasteiger partial charge in [0.05, 0.1) is 10.6 Å². The summed E-state index contributed by atoms with van der Waals surface area (Å²) in [5.41, 5.74) is 0. The van der Waals surface area contributed by atoms with E-state index in [1.165, 1.54) is 0 Å². The summed E-state index contributed by atoms with van der Waals surface area (Å²) in [4.78, 5) is 8.52. The van der Waals surface area contributed by atoms with Crippen molar-refractivity contribution in [3.05, 3.63) is 10.7 Å². The molecule has 0 amide bonds. The fourth-order valence-corrected chi connectivity index (χ4v) is 2.62. The van der Waals surface area contributed by atoms with Crippen LogP contribution >= 0.6 is 15.9 Å². The van der Waals surface area contributed by atoms with Gasteiger partial charge in [0, 0.05) is 18.8 Å². The van der Waals surface area contributed by atoms with Crippen molar-refractivity contribution < 1.29 is 9.50 Å². The smallest absolute Gasteiger partial charge is 0.224 e. The quantitative estimate of drug-likeness (QED) is 0.726. The van der Waals surface area contributed by atoms with E-state index in [4.69, 9.17) is 0 Å². The Labute approximate surface area is 132 Å². The monoisotopic (exact) mass is 360 g/mol. The number of aliphatic hydroxyl groups is 1. The molecule has 1 aromatic rings. The highest BCUT2D eigenvalue weighted by atomic mass is 79.9. The zero-order valence-electron chi connectivity index (χ0n) is 12.1. The highest BCUT2D eigenvalue weighted by molar-refractivity contribution is 9.10. The fourth-order valence-electron chi connectivity index (χ4n) is 2.31. The maximum atomic E-state index is 13.2. The van der Waals surface area contributed by atoms with Crippen molar-refractivity contribution in [1.82, 2.24) is 9.97 Å². The molecule has 1 aliphatic rings. The largest absolute Gasteiger partial charge is 0.393 e. The SMILES string of the molecule is CC[C@H](F)CNc1ncc(Br)c(NC2CCC(O)CC2)n1. The van der Waals surface area contributed by atoms with E-state index >= 15 is 0 Å². The molecule has 118 valence electrons. The summed E-state index contributed by atoms with van der Waals surface area (Å²) in [6, 6.07) is 0.303. The van der Waals surface area contributed by atoms with E-state index in [0.29, 0.717) is 24.2 Å². The number of nitrogens with one attached hydrogen (secondary N) is 2. The molecular weight excluding hydrogens is 339 g/mol. The molecular formula is C14H22BrFN4O. The van der Waals surface area contributed by atoms with Crippen LogP contribution in [0.4, 0.5) is 16.2 Å². The fraction of sp³-hybridized carbons (Fsp3) is 0.714. The van der Waals surface area contributed by atoms with Gasteiger partial charge in [0.2, 0.25) is 5.95 Å². The lowest BCUT2D eigenvalue weighted by Crippen LogP contribution is -2.28. The first-order valence-electron chi connectivity index (χ1n) is 7.43. The van der Waals surface area contributed by atoms with Crippen molar-refractivity contribution in [2.24, 2.45) is 0 Å². The van der Waals surface area contributed by atoms with Crippen LogP contribution in [0.1, 0.15) is 39.0 Å². The summed E-state index contributed by atoms with van der Waals surface area (Å²) >= 11 is 3.42. The van der Waals surface area contributed by atoms with Crippen LogP contribution < -0.4 is 10.6 Å². The molecule has 1 aliphatic carbocycles. The van der Waals surface area contributed by atoms with E-state index in [1.807, 2.05) is 0 Å². The zero-order chi connectivity index (χ0) is 15.2. The van der Waals surface area contributed by atoms with Gasteiger partial charge in [0.1, 0.15) is 12.0 Å². The second kappa shape index (κ2) is 7.89. The third kappa shape index (κ3) is 5.07. The predicted molar refractivity (Wildman–Crippen MR) is 85.3 cm³/mol. The number of alkyl halides is 1. The molecule has 0 spiro atoms. The summed E-state index contributed by atoms with van der Waals surface area (Å²) in [6.45, 7) is 2.02. The van der Waals surface area contributed by atoms with Crippen molar-refractivity contribution in [1.29, 1.82) is 0 Å². The average molecular weight is 361 g/mol. The minimum Gasteiger partial charge on any atom is -0.393 e. The van der Waals surface area contributed by atoms with Gasteiger partial charge in [-0.25, -0.2) is 9.37 Å². The molecule has 0 aromatic carbocycles. The Hall–Kier alpha value is -0.950. The molecule has 1 aromatic heterocycles. The molecule has 3 N–H and O–H groups in total. The summed E-state index contributed by atoms with van der Waals surface area (Å²) in [5, 5.41) is 15.8. The predicted octanol–water partition coefficient (Wildman–Crippen LogP) is 3.11. The molecule has 1 saturated carbocycles. The van der Waals surface area contributed by atoms with E-state index in [9.17, 15) is 9.50 Å². The van der Waals surface area contributed by atoms with E-state index < -0.39 is 6.17 Å². The van der Waals surface area contributed by atoms with Gasteiger partial charge in [0.25, 0.3) is 0 Å². The van der Waals surface area contributed by atoms with Gasteiger partial charge in [-0.3, -0.25) is 0 Å². The maximum Gasteiger partial charge on any atom is 0.224 e. The van der Waals surface area contributed by atoms with E-state index in [1.54, 1.807) is 13.1 Å². The number of hydrogen-bond donors (Lipinski definition) is 3. The highest BCUT2D eigenvalue weighted by Crippen LogP contribution is 2.26. The molecule has 1 fully saturated rings. The summed E-state index contributed by atoms with van der Waals surface area (Å²) < 4.78 is 14.0. The van der Waals surface area contributed by atoms with Crippen molar-refractivity contribution >= 4 is 27.7 Å². The van der Waals surface area contributed by atoms with Crippen molar-refractivity contribution in [2.75, 3.05) is 17.2 Å². The minimum absolute atomic E-state index is 0.176. The van der Waals surface area contributed by atoms with E-state index in [2.05, 4.69) is 36.5 Å². The van der Waals surface area contributed by atoms with E-state index in [-0.39, 0.29) is 12.6 Å². The van der Waals surface area contributed by atoms with Crippen LogP contribution in [0.15, 0.2) is 10.7 Å². The third-order valence-corrected chi connectivity index (χ3v) is 4.29. The molecule has 1 heterocycles. The van der Waals surface area contributed by atoms with Gasteiger partial charge in [-0.05, 0) is 48.0 Å². The molecule has 0 saturated heterocycles. The Morgan fingerprint density at radius 1 is 1.43 bits per heavy atom. The van der Waals surface area contributed by atoms with Crippen LogP contribution in [-0.2, 0) is 0 Å². The summed E-state index contributed by atoms with van der Waals surface area (Å²) in [7, 11) is 0. The van der Waals surface area contributed by atoms with Crippen molar-refractivity contribution in [3.8, 4) is 0 Å². The Balaban J connectivity index is 1.95. The molecule has 2 rings (SSSR count).